The second kappa shape index (κ2) is 32.6. The molecule has 0 saturated carbocycles. The molecule has 4 aliphatic heterocycles. The molecule has 0 fully saturated rings. The van der Waals surface area contributed by atoms with E-state index >= 15 is 0 Å². The van der Waals surface area contributed by atoms with Gasteiger partial charge in [0.05, 0.1) is 84.4 Å². The maximum atomic E-state index is 12.2. The van der Waals surface area contributed by atoms with Gasteiger partial charge in [0, 0.05) is 61.0 Å². The molecule has 0 saturated heterocycles. The zero-order chi connectivity index (χ0) is 94.5. The van der Waals surface area contributed by atoms with Crippen molar-refractivity contribution in [3.8, 4) is 79.3 Å². The van der Waals surface area contributed by atoms with E-state index in [0.717, 1.165) is 128 Å². The number of carboxylic acid groups (broad SMARTS) is 1. The van der Waals surface area contributed by atoms with Crippen molar-refractivity contribution in [3.05, 3.63) is 293 Å². The van der Waals surface area contributed by atoms with Crippen molar-refractivity contribution in [2.45, 2.75) is 262 Å². The Labute approximate surface area is 777 Å². The zero-order valence-corrected chi connectivity index (χ0v) is 82.9. The number of H-pyrrole nitrogens is 4. The van der Waals surface area contributed by atoms with Crippen molar-refractivity contribution in [2.24, 2.45) is 0 Å². The van der Waals surface area contributed by atoms with Gasteiger partial charge in [-0.1, -0.05) is 322 Å². The quantitative estimate of drug-likeness (QED) is 0.105. The monoisotopic (exact) mass is 1730 g/mol. The lowest BCUT2D eigenvalue weighted by Crippen LogP contribution is -2.16. The van der Waals surface area contributed by atoms with Gasteiger partial charge in [-0.2, -0.15) is 0 Å². The molecule has 6 aromatic heterocycles. The summed E-state index contributed by atoms with van der Waals surface area (Å²) in [6.07, 6.45) is 17.3. The third kappa shape index (κ3) is 18.8. The minimum atomic E-state index is -1.00. The van der Waals surface area contributed by atoms with E-state index < -0.39 is 5.97 Å². The number of hydrogen-bond acceptors (Lipinski definition) is 5. The summed E-state index contributed by atoms with van der Waals surface area (Å²) in [5.41, 5.74) is 35.4. The number of aromatic amines is 4. The van der Waals surface area contributed by atoms with Gasteiger partial charge in [0.15, 0.2) is 0 Å². The normalized spacial score (nSPS) is 13.4. The lowest BCUT2D eigenvalue weighted by Gasteiger charge is -2.26. The molecule has 0 aliphatic carbocycles. The lowest BCUT2D eigenvalue weighted by molar-refractivity contribution is 0.0696. The second-order valence-electron chi connectivity index (χ2n) is 46.9. The Morgan fingerprint density at radius 3 is 0.580 bits per heavy atom. The Bertz CT molecular complexity index is 7060. The van der Waals surface area contributed by atoms with Gasteiger partial charge in [0.1, 0.15) is 0 Å². The first-order valence-corrected chi connectivity index (χ1v) is 46.5. The molecule has 0 radical (unpaired) electrons. The minimum absolute atomic E-state index is 0.173. The highest BCUT2D eigenvalue weighted by Crippen LogP contribution is 2.47. The summed E-state index contributed by atoms with van der Waals surface area (Å²) in [5, 5.41) is 9.96. The number of carboxylic acids is 1. The first kappa shape index (κ1) is 91.4. The summed E-state index contributed by atoms with van der Waals surface area (Å²) in [4.78, 5) is 52.1. The molecule has 12 aromatic rings. The molecule has 10 nitrogen and oxygen atoms in total. The molecule has 6 aromatic carbocycles. The van der Waals surface area contributed by atoms with Crippen LogP contribution in [0.5, 0.6) is 0 Å². The van der Waals surface area contributed by atoms with Gasteiger partial charge in [0.2, 0.25) is 0 Å². The second-order valence-corrected chi connectivity index (χ2v) is 46.9. The van der Waals surface area contributed by atoms with E-state index in [-0.39, 0.29) is 59.7 Å². The topological polar surface area (TPSA) is 152 Å². The van der Waals surface area contributed by atoms with Crippen LogP contribution < -0.4 is 0 Å². The number of nitrogens with one attached hydrogen (secondary N) is 4. The first-order chi connectivity index (χ1) is 61.0. The fourth-order valence-electron chi connectivity index (χ4n) is 17.5. The molecule has 0 amide bonds. The summed E-state index contributed by atoms with van der Waals surface area (Å²) in [6, 6.07) is 59.8. The molecule has 0 spiro atoms. The number of rotatable bonds is 6. The number of benzene rings is 6. The maximum absolute atomic E-state index is 12.2. The van der Waals surface area contributed by atoms with Crippen LogP contribution in [0.3, 0.4) is 0 Å². The van der Waals surface area contributed by atoms with Gasteiger partial charge in [-0.05, 0) is 259 Å². The highest BCUT2D eigenvalue weighted by molar-refractivity contribution is 6.01. The Morgan fingerprint density at radius 2 is 0.389 bits per heavy atom. The molecule has 131 heavy (non-hydrogen) atoms. The van der Waals surface area contributed by atoms with Crippen LogP contribution in [-0.4, -0.2) is 50.9 Å². The van der Waals surface area contributed by atoms with Crippen LogP contribution in [0.1, 0.15) is 342 Å². The van der Waals surface area contributed by atoms with Crippen molar-refractivity contribution < 1.29 is 9.90 Å². The number of fused-ring (bicyclic) bond motifs is 16. The average Bonchev–Trinajstić information content (AvgIpc) is 1.61. The summed E-state index contributed by atoms with van der Waals surface area (Å²) in [5.74, 6) is 14.0. The van der Waals surface area contributed by atoms with Crippen LogP contribution >= 0.6 is 0 Å². The third-order valence-electron chi connectivity index (χ3n) is 26.1. The lowest BCUT2D eigenvalue weighted by atomic mass is 9.78. The van der Waals surface area contributed by atoms with Crippen LogP contribution in [0.25, 0.3) is 148 Å². The molecule has 666 valence electrons. The van der Waals surface area contributed by atoms with Crippen LogP contribution in [0, 0.1) is 23.7 Å². The molecular weight excluding hydrogens is 1600 g/mol. The highest BCUT2D eigenvalue weighted by Gasteiger charge is 2.32. The van der Waals surface area contributed by atoms with Gasteiger partial charge in [-0.25, -0.2) is 24.7 Å². The predicted octanol–water partition coefficient (Wildman–Crippen LogP) is 31.4. The molecule has 0 unspecified atom stereocenters. The molecule has 4 aliphatic rings. The van der Waals surface area contributed by atoms with Crippen LogP contribution in [-0.2, 0) is 54.1 Å². The predicted molar refractivity (Wildman–Crippen MR) is 557 cm³/mol. The van der Waals surface area contributed by atoms with Gasteiger partial charge in [-0.15, -0.1) is 0 Å². The summed E-state index contributed by atoms with van der Waals surface area (Å²) >= 11 is 0. The van der Waals surface area contributed by atoms with E-state index in [2.05, 4.69) is 439 Å². The van der Waals surface area contributed by atoms with E-state index in [0.29, 0.717) is 39.3 Å². The fourth-order valence-corrected chi connectivity index (χ4v) is 17.5. The Morgan fingerprint density at radius 1 is 0.221 bits per heavy atom. The Balaban J connectivity index is 1.08. The summed E-state index contributed by atoms with van der Waals surface area (Å²) in [6.45, 7) is 68.9. The van der Waals surface area contributed by atoms with Crippen molar-refractivity contribution in [1.29, 1.82) is 0 Å². The van der Waals surface area contributed by atoms with E-state index in [4.69, 9.17) is 19.9 Å². The number of nitrogens with zero attached hydrogens (tertiary/aromatic N) is 4. The molecule has 0 atom stereocenters. The number of hydrogen-bond donors (Lipinski definition) is 5. The third-order valence-corrected chi connectivity index (χ3v) is 26.1. The number of aromatic nitrogens is 8. The van der Waals surface area contributed by atoms with Gasteiger partial charge < -0.3 is 25.0 Å². The summed E-state index contributed by atoms with van der Waals surface area (Å²) < 4.78 is 0. The molecule has 16 rings (SSSR count). The van der Waals surface area contributed by atoms with E-state index in [1.807, 2.05) is 0 Å². The van der Waals surface area contributed by atoms with Crippen molar-refractivity contribution in [2.75, 3.05) is 0 Å². The highest BCUT2D eigenvalue weighted by atomic mass is 16.4. The van der Waals surface area contributed by atoms with Gasteiger partial charge in [-0.3, -0.25) is 0 Å². The molecule has 5 N–H and O–H groups in total. The largest absolute Gasteiger partial charge is 0.478 e. The van der Waals surface area contributed by atoms with Crippen molar-refractivity contribution in [1.82, 2.24) is 39.9 Å². The fraction of sp³-hybridized carbons (Fsp3) is 0.331. The SMILES string of the molecule is CC(C)(C)c1cc(-c2c3nc(c(C#Cc4c5nc(c(-c6cc(C(C)(C)C)cc(C(C)(C)C)c6)c6ccc([nH]6)c(-c6cc(C(C)(C)C)cc(C(C)(C)C)c6)c6nc(c(-c7cc(C(C)(C)C)cc(C(C)(C)C)c7)c7ccc4[nH]7)C=C6)C=C5)c4ccc([nH]4)c(-c4cc(C(C)(C)C)cc(C(C)(C)C)c4)c4nc(c(C#Cc5ccc(C(=O)O)cc5)c5ccc2[nH]5)C=C4)C=C3)cc(C(C)(C)C)c1. The van der Waals surface area contributed by atoms with Gasteiger partial charge in [0.25, 0.3) is 0 Å². The molecule has 10 heteroatoms. The molecule has 16 bridgehead atoms. The maximum Gasteiger partial charge on any atom is 0.335 e. The number of aromatic carboxylic acids is 1. The van der Waals surface area contributed by atoms with E-state index in [1.165, 1.54) is 55.6 Å². The minimum Gasteiger partial charge on any atom is -0.478 e. The van der Waals surface area contributed by atoms with Crippen molar-refractivity contribution >= 4 is 98.7 Å². The molecular formula is C121H130N8O2. The van der Waals surface area contributed by atoms with Gasteiger partial charge >= 0.3 is 5.97 Å². The Kier molecular flexibility index (Phi) is 22.7. The Hall–Kier alpha value is -12.9. The van der Waals surface area contributed by atoms with E-state index in [1.54, 1.807) is 24.3 Å². The van der Waals surface area contributed by atoms with Crippen LogP contribution in [0.15, 0.2) is 164 Å². The average molecular weight is 1730 g/mol. The van der Waals surface area contributed by atoms with Crippen molar-refractivity contribution in [3.63, 3.8) is 0 Å². The standard InChI is InChI=1S/C121H130N8O2/c1-112(2,3)77-55-72(56-78(65-77)113(4,5)6)106-96-45-39-90(122-96)87(36-33-70-31-34-71(35-32-70)111(130)131)91-40-46-97(123-91)107(73-57-79(114(7,8)9)66-80(58-73)115(10,11)12)99-48-42-93(125-99)88(92-41-47-98(106)124-92)37-38-89-94-43-49-100(126-94)108(74-59-81(116(13,14)15)67-82(60-74)117(16,17)18)102-51-53-104(128-102)110(76-63-85(120(25,26)27)69-86(64-76)121(28,29)30)105-54-52-103(129-105)109(101-50-44-95(89)127-101)75-61-83(118(19,20)21)68-84(62-75)119(22,23)24/h31-32,34-35,39-69,122,125-126,129H,1-30H3,(H,130,131). The number of carbonyl (C=O) groups is 1. The van der Waals surface area contributed by atoms with Crippen LogP contribution in [0.4, 0.5) is 0 Å². The van der Waals surface area contributed by atoms with Crippen LogP contribution in [0.2, 0.25) is 0 Å². The van der Waals surface area contributed by atoms with E-state index in [9.17, 15) is 9.90 Å². The smallest absolute Gasteiger partial charge is 0.335 e. The molecule has 10 heterocycles. The zero-order valence-electron chi connectivity index (χ0n) is 82.9. The first-order valence-electron chi connectivity index (χ1n) is 46.5. The summed E-state index contributed by atoms with van der Waals surface area (Å²) in [7, 11) is 0.